The van der Waals surface area contributed by atoms with Crippen molar-refractivity contribution in [1.29, 1.82) is 0 Å². The van der Waals surface area contributed by atoms with Crippen LogP contribution in [0.25, 0.3) is 33.2 Å². The molecular weight excluding hydrogens is 362 g/mol. The third-order valence-corrected chi connectivity index (χ3v) is 4.97. The van der Waals surface area contributed by atoms with Crippen LogP contribution in [-0.4, -0.2) is 39.2 Å². The number of nitrogens with zero attached hydrogens (tertiary/aromatic N) is 4. The van der Waals surface area contributed by atoms with Crippen molar-refractivity contribution in [2.75, 3.05) is 24.3 Å². The summed E-state index contributed by atoms with van der Waals surface area (Å²) in [6.07, 6.45) is 3.66. The third-order valence-electron chi connectivity index (χ3n) is 4.97. The molecule has 0 atom stereocenters. The van der Waals surface area contributed by atoms with Crippen LogP contribution in [0.15, 0.2) is 54.9 Å². The zero-order valence-corrected chi connectivity index (χ0v) is 16.5. The molecule has 0 aliphatic rings. The van der Waals surface area contributed by atoms with Gasteiger partial charge in [0.05, 0.1) is 23.6 Å². The molecule has 7 heteroatoms. The predicted octanol–water partition coefficient (Wildman–Crippen LogP) is 4.62. The third kappa shape index (κ3) is 3.16. The summed E-state index contributed by atoms with van der Waals surface area (Å²) in [4.78, 5) is 14.8. The van der Waals surface area contributed by atoms with Crippen molar-refractivity contribution in [2.24, 2.45) is 0 Å². The van der Waals surface area contributed by atoms with Crippen LogP contribution in [0.1, 0.15) is 5.69 Å². The van der Waals surface area contributed by atoms with Gasteiger partial charge in [0.1, 0.15) is 0 Å². The molecule has 3 aromatic heterocycles. The van der Waals surface area contributed by atoms with Gasteiger partial charge in [-0.25, -0.2) is 9.97 Å². The molecule has 0 amide bonds. The number of H-pyrrole nitrogens is 2. The standard InChI is InChI=1S/C22H21N7/c1-13-8-14-4-5-15(10-19(14)25-13)21-23-12-20(29(2)3)22(27-21)26-17-6-7-18-16(9-17)11-24-28-18/h4-12,25H,1-3H3,(H,24,28)(H,23,26,27). The number of hydrogen-bond acceptors (Lipinski definition) is 5. The average molecular weight is 383 g/mol. The molecule has 7 nitrogen and oxygen atoms in total. The summed E-state index contributed by atoms with van der Waals surface area (Å²) >= 11 is 0. The zero-order chi connectivity index (χ0) is 20.0. The van der Waals surface area contributed by atoms with Crippen LogP contribution < -0.4 is 10.2 Å². The minimum atomic E-state index is 0.677. The van der Waals surface area contributed by atoms with Gasteiger partial charge in [0, 0.05) is 41.9 Å². The normalized spacial score (nSPS) is 11.3. The minimum absolute atomic E-state index is 0.677. The average Bonchev–Trinajstić information content (AvgIpc) is 3.31. The summed E-state index contributed by atoms with van der Waals surface area (Å²) in [6, 6.07) is 14.4. The quantitative estimate of drug-likeness (QED) is 0.422. The molecule has 0 aliphatic heterocycles. The largest absolute Gasteiger partial charge is 0.373 e. The molecule has 5 rings (SSSR count). The Kier molecular flexibility index (Phi) is 3.94. The van der Waals surface area contributed by atoms with Crippen LogP contribution in [0.5, 0.6) is 0 Å². The van der Waals surface area contributed by atoms with Crippen LogP contribution >= 0.6 is 0 Å². The highest BCUT2D eigenvalue weighted by atomic mass is 15.1. The molecule has 0 aliphatic carbocycles. The van der Waals surface area contributed by atoms with Crippen molar-refractivity contribution in [3.63, 3.8) is 0 Å². The van der Waals surface area contributed by atoms with E-state index in [-0.39, 0.29) is 0 Å². The van der Waals surface area contributed by atoms with Crippen molar-refractivity contribution in [2.45, 2.75) is 6.92 Å². The van der Waals surface area contributed by atoms with Gasteiger partial charge in [-0.3, -0.25) is 5.10 Å². The monoisotopic (exact) mass is 383 g/mol. The highest BCUT2D eigenvalue weighted by molar-refractivity contribution is 5.86. The summed E-state index contributed by atoms with van der Waals surface area (Å²) in [5.74, 6) is 1.43. The van der Waals surface area contributed by atoms with E-state index >= 15 is 0 Å². The maximum Gasteiger partial charge on any atom is 0.161 e. The van der Waals surface area contributed by atoms with Gasteiger partial charge in [0.15, 0.2) is 11.6 Å². The number of fused-ring (bicyclic) bond motifs is 2. The van der Waals surface area contributed by atoms with Gasteiger partial charge >= 0.3 is 0 Å². The molecule has 0 spiro atoms. The van der Waals surface area contributed by atoms with Crippen molar-refractivity contribution < 1.29 is 0 Å². The fourth-order valence-corrected chi connectivity index (χ4v) is 3.50. The van der Waals surface area contributed by atoms with E-state index < -0.39 is 0 Å². The van der Waals surface area contributed by atoms with Crippen LogP contribution in [0.3, 0.4) is 0 Å². The van der Waals surface area contributed by atoms with E-state index in [9.17, 15) is 0 Å². The van der Waals surface area contributed by atoms with Gasteiger partial charge in [-0.15, -0.1) is 0 Å². The van der Waals surface area contributed by atoms with Crippen LogP contribution in [0.2, 0.25) is 0 Å². The lowest BCUT2D eigenvalue weighted by Gasteiger charge is -2.18. The van der Waals surface area contributed by atoms with E-state index in [1.807, 2.05) is 49.6 Å². The molecule has 0 radical (unpaired) electrons. The number of aromatic amines is 2. The Morgan fingerprint density at radius 1 is 0.931 bits per heavy atom. The highest BCUT2D eigenvalue weighted by Gasteiger charge is 2.12. The fraction of sp³-hybridized carbons (Fsp3) is 0.136. The second kappa shape index (κ2) is 6.63. The molecule has 0 fully saturated rings. The van der Waals surface area contributed by atoms with Gasteiger partial charge in [0.2, 0.25) is 0 Å². The van der Waals surface area contributed by atoms with Gasteiger partial charge in [-0.2, -0.15) is 5.10 Å². The smallest absolute Gasteiger partial charge is 0.161 e. The fourth-order valence-electron chi connectivity index (χ4n) is 3.50. The zero-order valence-electron chi connectivity index (χ0n) is 16.5. The summed E-state index contributed by atoms with van der Waals surface area (Å²) in [5, 5.41) is 12.7. The molecule has 144 valence electrons. The van der Waals surface area contributed by atoms with E-state index in [4.69, 9.17) is 4.98 Å². The SMILES string of the molecule is Cc1cc2ccc(-c3ncc(N(C)C)c(Nc4ccc5[nH]ncc5c4)n3)cc2[nH]1. The van der Waals surface area contributed by atoms with Crippen molar-refractivity contribution in [1.82, 2.24) is 25.1 Å². The Balaban J connectivity index is 1.56. The summed E-state index contributed by atoms with van der Waals surface area (Å²) in [6.45, 7) is 2.06. The lowest BCUT2D eigenvalue weighted by atomic mass is 10.1. The van der Waals surface area contributed by atoms with Crippen LogP contribution in [0.4, 0.5) is 17.2 Å². The number of anilines is 3. The van der Waals surface area contributed by atoms with Crippen molar-refractivity contribution in [3.8, 4) is 11.4 Å². The van der Waals surface area contributed by atoms with Crippen LogP contribution in [0, 0.1) is 6.92 Å². The number of aromatic nitrogens is 5. The van der Waals surface area contributed by atoms with E-state index in [0.29, 0.717) is 5.82 Å². The van der Waals surface area contributed by atoms with E-state index in [1.54, 1.807) is 0 Å². The Bertz CT molecular complexity index is 1330. The predicted molar refractivity (Wildman–Crippen MR) is 118 cm³/mol. The first-order valence-corrected chi connectivity index (χ1v) is 9.41. The number of aryl methyl sites for hydroxylation is 1. The minimum Gasteiger partial charge on any atom is -0.373 e. The van der Waals surface area contributed by atoms with Gasteiger partial charge in [-0.1, -0.05) is 12.1 Å². The Hall–Kier alpha value is -3.87. The molecular formula is C22H21N7. The Morgan fingerprint density at radius 3 is 2.69 bits per heavy atom. The summed E-state index contributed by atoms with van der Waals surface area (Å²) in [7, 11) is 3.97. The highest BCUT2D eigenvalue weighted by Crippen LogP contribution is 2.30. The Morgan fingerprint density at radius 2 is 1.83 bits per heavy atom. The molecule has 5 aromatic rings. The molecule has 2 aromatic carbocycles. The first-order chi connectivity index (χ1) is 14.1. The number of hydrogen-bond donors (Lipinski definition) is 3. The summed E-state index contributed by atoms with van der Waals surface area (Å²) in [5.41, 5.74) is 6.05. The molecule has 0 unspecified atom stereocenters. The number of nitrogens with one attached hydrogen (secondary N) is 3. The van der Waals surface area contributed by atoms with Gasteiger partial charge < -0.3 is 15.2 Å². The second-order valence-electron chi connectivity index (χ2n) is 7.37. The lowest BCUT2D eigenvalue weighted by Crippen LogP contribution is -2.13. The maximum absolute atomic E-state index is 4.84. The lowest BCUT2D eigenvalue weighted by molar-refractivity contribution is 1.07. The molecule has 29 heavy (non-hydrogen) atoms. The van der Waals surface area contributed by atoms with Gasteiger partial charge in [-0.05, 0) is 42.6 Å². The first-order valence-electron chi connectivity index (χ1n) is 9.41. The molecule has 0 saturated carbocycles. The first kappa shape index (κ1) is 17.2. The molecule has 0 saturated heterocycles. The topological polar surface area (TPSA) is 85.5 Å². The molecule has 0 bridgehead atoms. The van der Waals surface area contributed by atoms with E-state index in [1.165, 1.54) is 5.39 Å². The van der Waals surface area contributed by atoms with E-state index in [2.05, 4.69) is 56.7 Å². The van der Waals surface area contributed by atoms with Crippen LogP contribution in [-0.2, 0) is 0 Å². The second-order valence-corrected chi connectivity index (χ2v) is 7.37. The maximum atomic E-state index is 4.84. The van der Waals surface area contributed by atoms with Gasteiger partial charge in [0.25, 0.3) is 0 Å². The molecule has 3 heterocycles. The summed E-state index contributed by atoms with van der Waals surface area (Å²) < 4.78 is 0. The number of rotatable bonds is 4. The van der Waals surface area contributed by atoms with Crippen molar-refractivity contribution >= 4 is 39.0 Å². The van der Waals surface area contributed by atoms with Crippen molar-refractivity contribution in [3.05, 3.63) is 60.6 Å². The van der Waals surface area contributed by atoms with E-state index in [0.717, 1.165) is 44.9 Å². The molecule has 3 N–H and O–H groups in total. The number of benzene rings is 2. The Labute approximate surface area is 167 Å².